The van der Waals surface area contributed by atoms with Crippen LogP contribution in [0.3, 0.4) is 0 Å². The van der Waals surface area contributed by atoms with E-state index < -0.39 is 0 Å². The summed E-state index contributed by atoms with van der Waals surface area (Å²) in [4.78, 5) is 0. The van der Waals surface area contributed by atoms with E-state index in [-0.39, 0.29) is 5.38 Å². The summed E-state index contributed by atoms with van der Waals surface area (Å²) in [6.07, 6.45) is 0.717. The van der Waals surface area contributed by atoms with Crippen LogP contribution in [0.25, 0.3) is 0 Å². The second kappa shape index (κ2) is 7.23. The smallest absolute Gasteiger partial charge is 0.161 e. The Morgan fingerprint density at radius 2 is 1.67 bits per heavy atom. The van der Waals surface area contributed by atoms with Gasteiger partial charge in [0.15, 0.2) is 11.5 Å². The molecule has 2 aromatic carbocycles. The van der Waals surface area contributed by atoms with Gasteiger partial charge in [-0.15, -0.1) is 11.6 Å². The monoisotopic (exact) mass is 306 g/mol. The quantitative estimate of drug-likeness (QED) is 0.747. The van der Waals surface area contributed by atoms with E-state index in [2.05, 4.69) is 0 Å². The lowest BCUT2D eigenvalue weighted by Crippen LogP contribution is -1.98. The van der Waals surface area contributed by atoms with Gasteiger partial charge in [0.05, 0.1) is 26.7 Å². The minimum atomic E-state index is -0.142. The third-order valence-corrected chi connectivity index (χ3v) is 3.72. The maximum Gasteiger partial charge on any atom is 0.161 e. The van der Waals surface area contributed by atoms with Crippen molar-refractivity contribution in [2.75, 3.05) is 21.3 Å². The SMILES string of the molecule is COc1cccc(CC(Cl)c2ccc(OC)c(OC)c2)c1. The van der Waals surface area contributed by atoms with E-state index in [1.807, 2.05) is 42.5 Å². The van der Waals surface area contributed by atoms with E-state index >= 15 is 0 Å². The molecule has 0 amide bonds. The highest BCUT2D eigenvalue weighted by atomic mass is 35.5. The highest BCUT2D eigenvalue weighted by molar-refractivity contribution is 6.21. The number of benzene rings is 2. The molecule has 112 valence electrons. The van der Waals surface area contributed by atoms with Crippen LogP contribution in [0.15, 0.2) is 42.5 Å². The molecule has 0 bridgehead atoms. The summed E-state index contributed by atoms with van der Waals surface area (Å²) < 4.78 is 15.8. The van der Waals surface area contributed by atoms with Crippen molar-refractivity contribution in [3.05, 3.63) is 53.6 Å². The molecular formula is C17H19ClO3. The van der Waals surface area contributed by atoms with Gasteiger partial charge < -0.3 is 14.2 Å². The summed E-state index contributed by atoms with van der Waals surface area (Å²) in [5, 5.41) is -0.142. The molecule has 3 nitrogen and oxygen atoms in total. The van der Waals surface area contributed by atoms with Gasteiger partial charge >= 0.3 is 0 Å². The molecule has 21 heavy (non-hydrogen) atoms. The normalized spacial score (nSPS) is 11.8. The summed E-state index contributed by atoms with van der Waals surface area (Å²) in [5.74, 6) is 2.22. The molecule has 0 saturated heterocycles. The highest BCUT2D eigenvalue weighted by Gasteiger charge is 2.13. The zero-order valence-corrected chi connectivity index (χ0v) is 13.2. The lowest BCUT2D eigenvalue weighted by Gasteiger charge is -2.14. The van der Waals surface area contributed by atoms with Crippen molar-refractivity contribution in [2.45, 2.75) is 11.8 Å². The van der Waals surface area contributed by atoms with E-state index in [0.29, 0.717) is 17.9 Å². The van der Waals surface area contributed by atoms with E-state index in [0.717, 1.165) is 16.9 Å². The van der Waals surface area contributed by atoms with Crippen molar-refractivity contribution in [2.24, 2.45) is 0 Å². The van der Waals surface area contributed by atoms with Gasteiger partial charge in [0, 0.05) is 0 Å². The Labute approximate surface area is 130 Å². The van der Waals surface area contributed by atoms with Crippen molar-refractivity contribution in [1.82, 2.24) is 0 Å². The van der Waals surface area contributed by atoms with Gasteiger partial charge in [-0.05, 0) is 41.8 Å². The summed E-state index contributed by atoms with van der Waals surface area (Å²) in [6, 6.07) is 13.7. The summed E-state index contributed by atoms with van der Waals surface area (Å²) in [6.45, 7) is 0. The van der Waals surface area contributed by atoms with Crippen LogP contribution < -0.4 is 14.2 Å². The third kappa shape index (κ3) is 3.82. The predicted octanol–water partition coefficient (Wildman–Crippen LogP) is 4.24. The number of hydrogen-bond donors (Lipinski definition) is 0. The molecule has 0 aliphatic rings. The van der Waals surface area contributed by atoms with Crippen LogP contribution in [0.4, 0.5) is 0 Å². The lowest BCUT2D eigenvalue weighted by atomic mass is 10.0. The van der Waals surface area contributed by atoms with E-state index in [1.165, 1.54) is 0 Å². The molecule has 0 saturated carbocycles. The molecule has 2 rings (SSSR count). The molecule has 1 atom stereocenters. The number of alkyl halides is 1. The molecule has 2 aromatic rings. The Morgan fingerprint density at radius 1 is 0.905 bits per heavy atom. The molecule has 0 aromatic heterocycles. The Morgan fingerprint density at radius 3 is 2.33 bits per heavy atom. The van der Waals surface area contributed by atoms with Crippen LogP contribution in [0.1, 0.15) is 16.5 Å². The van der Waals surface area contributed by atoms with Gasteiger partial charge in [-0.2, -0.15) is 0 Å². The molecule has 0 N–H and O–H groups in total. The van der Waals surface area contributed by atoms with Crippen LogP contribution in [0, 0.1) is 0 Å². The van der Waals surface area contributed by atoms with Crippen LogP contribution in [0.2, 0.25) is 0 Å². The van der Waals surface area contributed by atoms with Gasteiger partial charge in [0.1, 0.15) is 5.75 Å². The van der Waals surface area contributed by atoms with Crippen molar-refractivity contribution < 1.29 is 14.2 Å². The average Bonchev–Trinajstić information content (AvgIpc) is 2.54. The Hall–Kier alpha value is -1.87. The fourth-order valence-electron chi connectivity index (χ4n) is 2.17. The largest absolute Gasteiger partial charge is 0.497 e. The number of ether oxygens (including phenoxy) is 3. The minimum absolute atomic E-state index is 0.142. The standard InChI is InChI=1S/C17H19ClO3/c1-19-14-6-4-5-12(9-14)10-15(18)13-7-8-16(20-2)17(11-13)21-3/h4-9,11,15H,10H2,1-3H3. The van der Waals surface area contributed by atoms with Gasteiger partial charge in [-0.25, -0.2) is 0 Å². The highest BCUT2D eigenvalue weighted by Crippen LogP contribution is 2.33. The minimum Gasteiger partial charge on any atom is -0.497 e. The fourth-order valence-corrected chi connectivity index (χ4v) is 2.49. The Balaban J connectivity index is 2.17. The lowest BCUT2D eigenvalue weighted by molar-refractivity contribution is 0.354. The Kier molecular flexibility index (Phi) is 5.34. The molecule has 0 radical (unpaired) electrons. The summed E-state index contributed by atoms with van der Waals surface area (Å²) in [5.41, 5.74) is 2.13. The summed E-state index contributed by atoms with van der Waals surface area (Å²) >= 11 is 6.52. The average molecular weight is 307 g/mol. The van der Waals surface area contributed by atoms with Crippen molar-refractivity contribution in [3.8, 4) is 17.2 Å². The van der Waals surface area contributed by atoms with Crippen molar-refractivity contribution in [3.63, 3.8) is 0 Å². The second-order valence-corrected chi connectivity index (χ2v) is 5.16. The number of rotatable bonds is 6. The number of hydrogen-bond acceptors (Lipinski definition) is 3. The van der Waals surface area contributed by atoms with Crippen LogP contribution >= 0.6 is 11.6 Å². The van der Waals surface area contributed by atoms with Gasteiger partial charge in [0.2, 0.25) is 0 Å². The first-order chi connectivity index (χ1) is 10.2. The van der Waals surface area contributed by atoms with Crippen LogP contribution in [0.5, 0.6) is 17.2 Å². The van der Waals surface area contributed by atoms with Gasteiger partial charge in [-0.3, -0.25) is 0 Å². The number of methoxy groups -OCH3 is 3. The molecule has 0 aliphatic heterocycles. The molecular weight excluding hydrogens is 288 g/mol. The van der Waals surface area contributed by atoms with Crippen molar-refractivity contribution >= 4 is 11.6 Å². The zero-order chi connectivity index (χ0) is 15.2. The maximum absolute atomic E-state index is 6.52. The summed E-state index contributed by atoms with van der Waals surface area (Å²) in [7, 11) is 4.89. The second-order valence-electron chi connectivity index (χ2n) is 4.64. The zero-order valence-electron chi connectivity index (χ0n) is 12.4. The molecule has 1 unspecified atom stereocenters. The first-order valence-electron chi connectivity index (χ1n) is 6.67. The van der Waals surface area contributed by atoms with Crippen LogP contribution in [-0.2, 0) is 6.42 Å². The van der Waals surface area contributed by atoms with Crippen LogP contribution in [-0.4, -0.2) is 21.3 Å². The Bertz CT molecular complexity index is 598. The first kappa shape index (κ1) is 15.5. The molecule has 0 heterocycles. The molecule has 0 spiro atoms. The topological polar surface area (TPSA) is 27.7 Å². The molecule has 0 aliphatic carbocycles. The molecule has 4 heteroatoms. The first-order valence-corrected chi connectivity index (χ1v) is 7.10. The van der Waals surface area contributed by atoms with E-state index in [9.17, 15) is 0 Å². The van der Waals surface area contributed by atoms with Gasteiger partial charge in [-0.1, -0.05) is 18.2 Å². The predicted molar refractivity (Wildman–Crippen MR) is 84.8 cm³/mol. The van der Waals surface area contributed by atoms with Crippen molar-refractivity contribution in [1.29, 1.82) is 0 Å². The fraction of sp³-hybridized carbons (Fsp3) is 0.294. The van der Waals surface area contributed by atoms with Gasteiger partial charge in [0.25, 0.3) is 0 Å². The maximum atomic E-state index is 6.52. The third-order valence-electron chi connectivity index (χ3n) is 3.32. The number of halogens is 1. The molecule has 0 fully saturated rings. The van der Waals surface area contributed by atoms with E-state index in [1.54, 1.807) is 21.3 Å². The van der Waals surface area contributed by atoms with E-state index in [4.69, 9.17) is 25.8 Å².